The van der Waals surface area contributed by atoms with E-state index >= 15 is 0 Å². The number of carboxylic acid groups (broad SMARTS) is 1. The van der Waals surface area contributed by atoms with Gasteiger partial charge in [-0.05, 0) is 83.5 Å². The lowest BCUT2D eigenvalue weighted by atomic mass is 10.0. The molecule has 0 heterocycles. The first-order valence-electron chi connectivity index (χ1n) is 24.2. The molecule has 0 aromatic heterocycles. The molecule has 9 nitrogen and oxygen atoms in total. The zero-order chi connectivity index (χ0) is 42.6. The molecule has 0 aliphatic heterocycles. The van der Waals surface area contributed by atoms with E-state index in [1.165, 1.54) is 135 Å². The molecule has 0 aromatic rings. The Labute approximate surface area is 355 Å². The number of ether oxygens (including phenoxy) is 1. The van der Waals surface area contributed by atoms with Crippen molar-refractivity contribution in [3.8, 4) is 0 Å². The number of aliphatic hydroxyl groups excluding tert-OH is 1. The van der Waals surface area contributed by atoms with E-state index < -0.39 is 24.5 Å². The maximum absolute atomic E-state index is 12.8. The summed E-state index contributed by atoms with van der Waals surface area (Å²) in [5.41, 5.74) is 0. The van der Waals surface area contributed by atoms with Gasteiger partial charge in [0.15, 0.2) is 0 Å². The molecule has 0 radical (unpaired) electrons. The van der Waals surface area contributed by atoms with Crippen LogP contribution in [0.4, 0.5) is 0 Å². The Kier molecular flexibility index (Phi) is 41.9. The predicted molar refractivity (Wildman–Crippen MR) is 241 cm³/mol. The number of rotatable bonds is 44. The van der Waals surface area contributed by atoms with E-state index in [2.05, 4.69) is 48.8 Å². The highest BCUT2D eigenvalue weighted by molar-refractivity contribution is 5.87. The molecule has 0 fully saturated rings. The van der Waals surface area contributed by atoms with Gasteiger partial charge in [-0.1, -0.05) is 167 Å². The van der Waals surface area contributed by atoms with E-state index in [0.717, 1.165) is 70.6 Å². The van der Waals surface area contributed by atoms with Crippen LogP contribution in [0.25, 0.3) is 0 Å². The Morgan fingerprint density at radius 3 is 1.36 bits per heavy atom. The average Bonchev–Trinajstić information content (AvgIpc) is 3.21. The van der Waals surface area contributed by atoms with Crippen LogP contribution in [-0.2, 0) is 23.9 Å². The maximum atomic E-state index is 12.8. The highest BCUT2D eigenvalue weighted by Gasteiger charge is 2.19. The van der Waals surface area contributed by atoms with Crippen LogP contribution in [0.1, 0.15) is 239 Å². The van der Waals surface area contributed by atoms with Crippen molar-refractivity contribution in [3.63, 3.8) is 0 Å². The van der Waals surface area contributed by atoms with Gasteiger partial charge in [0.2, 0.25) is 11.8 Å². The quantitative estimate of drug-likeness (QED) is 0.0272. The molecular formula is C49H90N2O7. The van der Waals surface area contributed by atoms with Crippen LogP contribution in [0.3, 0.4) is 0 Å². The van der Waals surface area contributed by atoms with Crippen LogP contribution < -0.4 is 10.6 Å². The SMILES string of the molecule is CCCCCCCC/C=C\CCCCCCCCCC(=O)OC(CCC/C=C\CCCCCCCCCC)CCCCCCCC(=O)NCC(=O)NC(CO)C(=O)O. The molecule has 0 aliphatic rings. The largest absolute Gasteiger partial charge is 0.480 e. The lowest BCUT2D eigenvalue weighted by molar-refractivity contribution is -0.150. The van der Waals surface area contributed by atoms with Crippen LogP contribution in [0, 0.1) is 0 Å². The first kappa shape index (κ1) is 55.3. The number of amides is 2. The highest BCUT2D eigenvalue weighted by Crippen LogP contribution is 2.18. The van der Waals surface area contributed by atoms with Crippen molar-refractivity contribution < 1.29 is 34.1 Å². The number of aliphatic carboxylic acids is 1. The zero-order valence-corrected chi connectivity index (χ0v) is 37.6. The number of aliphatic hydroxyl groups is 1. The average molecular weight is 819 g/mol. The predicted octanol–water partition coefficient (Wildman–Crippen LogP) is 12.4. The van der Waals surface area contributed by atoms with E-state index in [-0.39, 0.29) is 24.5 Å². The minimum absolute atomic E-state index is 0.0445. The van der Waals surface area contributed by atoms with Crippen molar-refractivity contribution >= 4 is 23.8 Å². The monoisotopic (exact) mass is 819 g/mol. The lowest BCUT2D eigenvalue weighted by Crippen LogP contribution is -2.47. The zero-order valence-electron chi connectivity index (χ0n) is 37.6. The van der Waals surface area contributed by atoms with Crippen LogP contribution in [0.2, 0.25) is 0 Å². The summed E-state index contributed by atoms with van der Waals surface area (Å²) in [6, 6.07) is -1.38. The first-order valence-corrected chi connectivity index (χ1v) is 24.2. The van der Waals surface area contributed by atoms with Gasteiger partial charge in [-0.15, -0.1) is 0 Å². The van der Waals surface area contributed by atoms with Gasteiger partial charge in [0.1, 0.15) is 12.1 Å². The van der Waals surface area contributed by atoms with Gasteiger partial charge in [-0.3, -0.25) is 14.4 Å². The third kappa shape index (κ3) is 40.1. The van der Waals surface area contributed by atoms with Crippen molar-refractivity contribution in [1.82, 2.24) is 10.6 Å². The summed E-state index contributed by atoms with van der Waals surface area (Å²) in [6.07, 6.45) is 49.2. The molecule has 2 amide bonds. The molecule has 0 rings (SSSR count). The van der Waals surface area contributed by atoms with Crippen molar-refractivity contribution in [3.05, 3.63) is 24.3 Å². The van der Waals surface area contributed by atoms with E-state index in [9.17, 15) is 19.2 Å². The summed E-state index contributed by atoms with van der Waals surface area (Å²) >= 11 is 0. The molecular weight excluding hydrogens is 729 g/mol. The number of hydrogen-bond donors (Lipinski definition) is 4. The maximum Gasteiger partial charge on any atom is 0.328 e. The summed E-state index contributed by atoms with van der Waals surface area (Å²) in [5, 5.41) is 22.6. The van der Waals surface area contributed by atoms with Crippen molar-refractivity contribution in [2.24, 2.45) is 0 Å². The smallest absolute Gasteiger partial charge is 0.328 e. The summed E-state index contributed by atoms with van der Waals surface area (Å²) in [5.74, 6) is -2.30. The second kappa shape index (κ2) is 43.9. The number of unbranched alkanes of at least 4 members (excludes halogenated alkanes) is 26. The Hall–Kier alpha value is -2.68. The second-order valence-electron chi connectivity index (χ2n) is 16.5. The van der Waals surface area contributed by atoms with Gasteiger partial charge in [0, 0.05) is 12.8 Å². The molecule has 0 saturated carbocycles. The summed E-state index contributed by atoms with van der Waals surface area (Å²) in [7, 11) is 0. The minimum atomic E-state index is -1.38. The van der Waals surface area contributed by atoms with Crippen LogP contribution in [0.15, 0.2) is 24.3 Å². The fourth-order valence-electron chi connectivity index (χ4n) is 7.18. The number of nitrogens with one attached hydrogen (secondary N) is 2. The molecule has 338 valence electrons. The summed E-state index contributed by atoms with van der Waals surface area (Å²) < 4.78 is 6.03. The minimum Gasteiger partial charge on any atom is -0.480 e. The Balaban J connectivity index is 4.32. The normalized spacial score (nSPS) is 12.6. The van der Waals surface area contributed by atoms with E-state index in [4.69, 9.17) is 14.9 Å². The molecule has 0 spiro atoms. The third-order valence-electron chi connectivity index (χ3n) is 10.9. The Bertz CT molecular complexity index is 1030. The van der Waals surface area contributed by atoms with Crippen molar-refractivity contribution in [1.29, 1.82) is 0 Å². The number of hydrogen-bond acceptors (Lipinski definition) is 6. The van der Waals surface area contributed by atoms with Crippen LogP contribution in [0.5, 0.6) is 0 Å². The number of allylic oxidation sites excluding steroid dienone is 4. The Morgan fingerprint density at radius 1 is 0.500 bits per heavy atom. The molecule has 0 bridgehead atoms. The van der Waals surface area contributed by atoms with Gasteiger partial charge in [-0.25, -0.2) is 4.79 Å². The molecule has 58 heavy (non-hydrogen) atoms. The molecule has 9 heteroatoms. The van der Waals surface area contributed by atoms with Crippen LogP contribution >= 0.6 is 0 Å². The van der Waals surface area contributed by atoms with Gasteiger partial charge in [-0.2, -0.15) is 0 Å². The summed E-state index contributed by atoms with van der Waals surface area (Å²) in [6.45, 7) is 3.49. The molecule has 0 saturated heterocycles. The lowest BCUT2D eigenvalue weighted by Gasteiger charge is -2.18. The number of carboxylic acids is 1. The van der Waals surface area contributed by atoms with E-state index in [0.29, 0.717) is 19.3 Å². The van der Waals surface area contributed by atoms with Crippen molar-refractivity contribution in [2.75, 3.05) is 13.2 Å². The van der Waals surface area contributed by atoms with Gasteiger partial charge < -0.3 is 25.6 Å². The summed E-state index contributed by atoms with van der Waals surface area (Å²) in [4.78, 5) is 47.7. The molecule has 2 unspecified atom stereocenters. The van der Waals surface area contributed by atoms with Gasteiger partial charge >= 0.3 is 11.9 Å². The highest BCUT2D eigenvalue weighted by atomic mass is 16.5. The molecule has 0 aromatic carbocycles. The Morgan fingerprint density at radius 2 is 0.897 bits per heavy atom. The van der Waals surface area contributed by atoms with Crippen molar-refractivity contribution in [2.45, 2.75) is 251 Å². The third-order valence-corrected chi connectivity index (χ3v) is 10.9. The fraction of sp³-hybridized carbons (Fsp3) is 0.837. The number of esters is 1. The molecule has 2 atom stereocenters. The van der Waals surface area contributed by atoms with Crippen LogP contribution in [-0.4, -0.2) is 59.3 Å². The number of carbonyl (C=O) groups excluding carboxylic acids is 3. The van der Waals surface area contributed by atoms with Gasteiger partial charge in [0.05, 0.1) is 13.2 Å². The number of carbonyl (C=O) groups is 4. The molecule has 0 aliphatic carbocycles. The standard InChI is InChI=1S/C49H90N2O7/c1-3-5-7-9-11-13-15-17-18-19-20-22-24-26-28-33-37-41-48(55)58-44(38-34-30-27-25-23-21-16-14-12-10-8-6-4-2)39-35-31-29-32-36-40-46(53)50-42-47(54)51-45(43-52)49(56)57/h17-18,25,27,44-45,52H,3-16,19-24,26,28-43H2,1-2H3,(H,50,53)(H,51,54)(H,56,57)/b18-17-,27-25-. The molecule has 4 N–H and O–H groups in total. The van der Waals surface area contributed by atoms with E-state index in [1.54, 1.807) is 0 Å². The first-order chi connectivity index (χ1) is 28.3. The second-order valence-corrected chi connectivity index (χ2v) is 16.5. The topological polar surface area (TPSA) is 142 Å². The fourth-order valence-corrected chi connectivity index (χ4v) is 7.18. The van der Waals surface area contributed by atoms with Gasteiger partial charge in [0.25, 0.3) is 0 Å². The van der Waals surface area contributed by atoms with E-state index in [1.807, 2.05) is 0 Å².